The van der Waals surface area contributed by atoms with Crippen molar-refractivity contribution in [2.45, 2.75) is 12.3 Å². The minimum Gasteiger partial charge on any atom is -0.355 e. The summed E-state index contributed by atoms with van der Waals surface area (Å²) in [5, 5.41) is 3.44. The van der Waals surface area contributed by atoms with Crippen LogP contribution in [-0.2, 0) is 9.84 Å². The molecule has 2 saturated heterocycles. The Morgan fingerprint density at radius 1 is 1.19 bits per heavy atom. The van der Waals surface area contributed by atoms with Gasteiger partial charge in [-0.3, -0.25) is 9.89 Å². The van der Waals surface area contributed by atoms with E-state index >= 15 is 0 Å². The highest BCUT2D eigenvalue weighted by atomic mass is 127. The van der Waals surface area contributed by atoms with Crippen molar-refractivity contribution in [1.29, 1.82) is 0 Å². The van der Waals surface area contributed by atoms with Gasteiger partial charge in [-0.1, -0.05) is 30.3 Å². The molecule has 0 saturated carbocycles. The average molecular weight is 492 g/mol. The molecule has 0 aromatic heterocycles. The smallest absolute Gasteiger partial charge is 0.193 e. The van der Waals surface area contributed by atoms with Gasteiger partial charge in [-0.25, -0.2) is 8.42 Å². The molecule has 0 aliphatic carbocycles. The highest BCUT2D eigenvalue weighted by molar-refractivity contribution is 14.0. The van der Waals surface area contributed by atoms with Crippen molar-refractivity contribution in [3.63, 3.8) is 0 Å². The van der Waals surface area contributed by atoms with E-state index in [4.69, 9.17) is 0 Å². The van der Waals surface area contributed by atoms with Crippen LogP contribution in [0.3, 0.4) is 0 Å². The molecule has 8 heteroatoms. The van der Waals surface area contributed by atoms with Crippen LogP contribution in [0.4, 0.5) is 0 Å². The zero-order valence-electron chi connectivity index (χ0n) is 15.3. The Labute approximate surface area is 174 Å². The molecule has 2 aliphatic heterocycles. The molecule has 1 aromatic rings. The van der Waals surface area contributed by atoms with Gasteiger partial charge in [-0.05, 0) is 12.0 Å². The van der Waals surface area contributed by atoms with Crippen LogP contribution in [-0.4, -0.2) is 82.0 Å². The molecule has 0 amide bonds. The quantitative estimate of drug-likeness (QED) is 0.391. The number of nitrogens with zero attached hydrogens (tertiary/aromatic N) is 3. The van der Waals surface area contributed by atoms with Crippen LogP contribution in [0.15, 0.2) is 35.3 Å². The summed E-state index contributed by atoms with van der Waals surface area (Å²) in [6.45, 7) is 4.93. The maximum Gasteiger partial charge on any atom is 0.193 e. The van der Waals surface area contributed by atoms with Crippen LogP contribution in [0, 0.1) is 0 Å². The van der Waals surface area contributed by atoms with Gasteiger partial charge in [-0.2, -0.15) is 0 Å². The van der Waals surface area contributed by atoms with E-state index in [2.05, 4.69) is 50.4 Å². The van der Waals surface area contributed by atoms with Crippen molar-refractivity contribution < 1.29 is 8.42 Å². The Balaban J connectivity index is 0.00000243. The van der Waals surface area contributed by atoms with Gasteiger partial charge >= 0.3 is 0 Å². The summed E-state index contributed by atoms with van der Waals surface area (Å²) >= 11 is 0. The van der Waals surface area contributed by atoms with Crippen LogP contribution in [0.1, 0.15) is 17.9 Å². The summed E-state index contributed by atoms with van der Waals surface area (Å²) in [7, 11) is -0.976. The summed E-state index contributed by atoms with van der Waals surface area (Å²) in [5.41, 5.74) is 1.40. The third-order valence-electron chi connectivity index (χ3n) is 5.12. The molecule has 0 radical (unpaired) electrons. The zero-order valence-corrected chi connectivity index (χ0v) is 18.4. The molecular weight excluding hydrogens is 463 g/mol. The number of halogens is 1. The van der Waals surface area contributed by atoms with Crippen molar-refractivity contribution in [3.8, 4) is 0 Å². The Bertz CT molecular complexity index is 682. The molecule has 2 fully saturated rings. The van der Waals surface area contributed by atoms with Crippen LogP contribution >= 0.6 is 24.0 Å². The number of hydrogen-bond donors (Lipinski definition) is 1. The summed E-state index contributed by atoms with van der Waals surface area (Å²) in [6.07, 6.45) is 1.15. The Hall–Kier alpha value is -0.870. The molecule has 1 N–H and O–H groups in total. The average Bonchev–Trinajstić information content (AvgIpc) is 3.11. The minimum absolute atomic E-state index is 0. The lowest BCUT2D eigenvalue weighted by atomic mass is 9.99. The summed E-state index contributed by atoms with van der Waals surface area (Å²) in [5.74, 6) is 2.08. The third kappa shape index (κ3) is 5.82. The number of guanidine groups is 1. The van der Waals surface area contributed by atoms with Gasteiger partial charge in [0.2, 0.25) is 0 Å². The van der Waals surface area contributed by atoms with Gasteiger partial charge in [0.25, 0.3) is 0 Å². The van der Waals surface area contributed by atoms with Gasteiger partial charge in [0.15, 0.2) is 15.8 Å². The molecule has 146 valence electrons. The number of hydrogen-bond acceptors (Lipinski definition) is 4. The van der Waals surface area contributed by atoms with Gasteiger partial charge in [-0.15, -0.1) is 24.0 Å². The van der Waals surface area contributed by atoms with E-state index in [1.54, 1.807) is 0 Å². The fourth-order valence-electron chi connectivity index (χ4n) is 3.58. The highest BCUT2D eigenvalue weighted by Gasteiger charge is 2.26. The van der Waals surface area contributed by atoms with Gasteiger partial charge in [0, 0.05) is 52.2 Å². The van der Waals surface area contributed by atoms with Crippen molar-refractivity contribution in [3.05, 3.63) is 35.9 Å². The normalized spacial score (nSPS) is 23.5. The summed E-state index contributed by atoms with van der Waals surface area (Å²) in [4.78, 5) is 8.95. The molecule has 0 bridgehead atoms. The molecule has 2 heterocycles. The lowest BCUT2D eigenvalue weighted by Gasteiger charge is -2.28. The predicted molar refractivity (Wildman–Crippen MR) is 117 cm³/mol. The lowest BCUT2D eigenvalue weighted by molar-refractivity contribution is 0.298. The van der Waals surface area contributed by atoms with Crippen molar-refractivity contribution >= 4 is 39.8 Å². The first-order valence-corrected chi connectivity index (χ1v) is 10.8. The van der Waals surface area contributed by atoms with E-state index in [0.29, 0.717) is 19.0 Å². The third-order valence-corrected chi connectivity index (χ3v) is 6.73. The molecule has 1 aromatic carbocycles. The largest absolute Gasteiger partial charge is 0.355 e. The Kier molecular flexibility index (Phi) is 8.15. The minimum atomic E-state index is -2.80. The number of rotatable bonds is 4. The van der Waals surface area contributed by atoms with E-state index in [1.807, 2.05) is 7.05 Å². The molecule has 6 nitrogen and oxygen atoms in total. The fourth-order valence-corrected chi connectivity index (χ4v) is 4.86. The van der Waals surface area contributed by atoms with Crippen LogP contribution < -0.4 is 5.32 Å². The second-order valence-corrected chi connectivity index (χ2v) is 9.11. The predicted octanol–water partition coefficient (Wildman–Crippen LogP) is 1.40. The Morgan fingerprint density at radius 2 is 1.88 bits per heavy atom. The maximum atomic E-state index is 11.5. The van der Waals surface area contributed by atoms with Gasteiger partial charge < -0.3 is 10.2 Å². The number of likely N-dealkylation sites (tertiary alicyclic amines) is 1. The van der Waals surface area contributed by atoms with Crippen molar-refractivity contribution in [2.24, 2.45) is 4.99 Å². The van der Waals surface area contributed by atoms with E-state index in [1.165, 1.54) is 5.56 Å². The summed E-state index contributed by atoms with van der Waals surface area (Å²) in [6, 6.07) is 10.7. The highest BCUT2D eigenvalue weighted by Crippen LogP contribution is 2.26. The number of nitrogens with one attached hydrogen (secondary N) is 1. The van der Waals surface area contributed by atoms with Crippen molar-refractivity contribution in [2.75, 3.05) is 57.8 Å². The first-order valence-electron chi connectivity index (χ1n) is 9.01. The van der Waals surface area contributed by atoms with Crippen LogP contribution in [0.2, 0.25) is 0 Å². The SMILES string of the molecule is CN=C(NCCN1CCS(=O)(=O)CC1)N1CCC(c2ccccc2)C1.I. The molecule has 1 atom stereocenters. The maximum absolute atomic E-state index is 11.5. The first kappa shape index (κ1) is 21.4. The van der Waals surface area contributed by atoms with E-state index in [9.17, 15) is 8.42 Å². The number of aliphatic imine (C=N–C) groups is 1. The van der Waals surface area contributed by atoms with Gasteiger partial charge in [0.1, 0.15) is 0 Å². The van der Waals surface area contributed by atoms with E-state index in [0.717, 1.165) is 38.6 Å². The standard InChI is InChI=1S/C18H28N4O2S.HI/c1-19-18(20-8-10-21-11-13-25(23,24)14-12-21)22-9-7-17(15-22)16-5-3-2-4-6-16;/h2-6,17H,7-15H2,1H3,(H,19,20);1H. The van der Waals surface area contributed by atoms with Gasteiger partial charge in [0.05, 0.1) is 11.5 Å². The molecular formula is C18H29IN4O2S. The fraction of sp³-hybridized carbons (Fsp3) is 0.611. The second-order valence-electron chi connectivity index (χ2n) is 6.81. The zero-order chi connectivity index (χ0) is 17.7. The molecule has 3 rings (SSSR count). The molecule has 0 spiro atoms. The van der Waals surface area contributed by atoms with Crippen LogP contribution in [0.25, 0.3) is 0 Å². The molecule has 1 unspecified atom stereocenters. The van der Waals surface area contributed by atoms with E-state index < -0.39 is 9.84 Å². The number of sulfone groups is 1. The topological polar surface area (TPSA) is 65.0 Å². The molecule has 2 aliphatic rings. The second kappa shape index (κ2) is 9.89. The number of benzene rings is 1. The monoisotopic (exact) mass is 492 g/mol. The first-order chi connectivity index (χ1) is 12.1. The lowest BCUT2D eigenvalue weighted by Crippen LogP contribution is -2.46. The van der Waals surface area contributed by atoms with Crippen LogP contribution in [0.5, 0.6) is 0 Å². The van der Waals surface area contributed by atoms with E-state index in [-0.39, 0.29) is 35.5 Å². The summed E-state index contributed by atoms with van der Waals surface area (Å²) < 4.78 is 23.0. The Morgan fingerprint density at radius 3 is 2.54 bits per heavy atom. The molecule has 26 heavy (non-hydrogen) atoms. The van der Waals surface area contributed by atoms with Crippen molar-refractivity contribution in [1.82, 2.24) is 15.1 Å².